The summed E-state index contributed by atoms with van der Waals surface area (Å²) in [5.41, 5.74) is -1.19. The van der Waals surface area contributed by atoms with Gasteiger partial charge in [-0.3, -0.25) is 9.59 Å². The highest BCUT2D eigenvalue weighted by Crippen LogP contribution is 2.47. The molecule has 3 atom stereocenters. The zero-order chi connectivity index (χ0) is 9.97. The molecule has 2 N–H and O–H groups in total. The van der Waals surface area contributed by atoms with Gasteiger partial charge in [-0.15, -0.1) is 0 Å². The SMILES string of the molecule is C[C@@]12C[C@H]3CCC[C@]3(NC1=O)C(=O)N2. The second-order valence-electron chi connectivity index (χ2n) is 5.00. The van der Waals surface area contributed by atoms with E-state index in [0.717, 1.165) is 25.7 Å². The lowest BCUT2D eigenvalue weighted by Gasteiger charge is -2.52. The Bertz CT molecular complexity index is 341. The molecule has 0 aromatic heterocycles. The number of carbonyl (C=O) groups excluding carboxylic acids is 2. The lowest BCUT2D eigenvalue weighted by atomic mass is 9.68. The Morgan fingerprint density at radius 1 is 1.29 bits per heavy atom. The Labute approximate surface area is 82.4 Å². The van der Waals surface area contributed by atoms with Crippen molar-refractivity contribution in [2.45, 2.75) is 43.7 Å². The van der Waals surface area contributed by atoms with E-state index in [1.165, 1.54) is 0 Å². The Kier molecular flexibility index (Phi) is 1.25. The molecule has 3 saturated heterocycles. The van der Waals surface area contributed by atoms with Gasteiger partial charge in [0.05, 0.1) is 0 Å². The van der Waals surface area contributed by atoms with E-state index in [1.54, 1.807) is 0 Å². The number of hydrogen-bond donors (Lipinski definition) is 2. The van der Waals surface area contributed by atoms with Crippen LogP contribution in [0.2, 0.25) is 0 Å². The van der Waals surface area contributed by atoms with Crippen molar-refractivity contribution >= 4 is 11.8 Å². The summed E-state index contributed by atoms with van der Waals surface area (Å²) in [4.78, 5) is 23.6. The summed E-state index contributed by atoms with van der Waals surface area (Å²) < 4.78 is 0. The summed E-state index contributed by atoms with van der Waals surface area (Å²) in [5, 5.41) is 5.78. The van der Waals surface area contributed by atoms with Crippen LogP contribution in [0.4, 0.5) is 0 Å². The van der Waals surface area contributed by atoms with E-state index < -0.39 is 11.1 Å². The number of piperazine rings is 1. The fourth-order valence-corrected chi connectivity index (χ4v) is 3.27. The zero-order valence-corrected chi connectivity index (χ0v) is 8.22. The minimum Gasteiger partial charge on any atom is -0.340 e. The average molecular weight is 194 g/mol. The van der Waals surface area contributed by atoms with E-state index in [4.69, 9.17) is 0 Å². The second kappa shape index (κ2) is 2.12. The Morgan fingerprint density at radius 3 is 2.86 bits per heavy atom. The molecule has 0 radical (unpaired) electrons. The van der Waals surface area contributed by atoms with Crippen molar-refractivity contribution in [2.75, 3.05) is 0 Å². The third-order valence-corrected chi connectivity index (χ3v) is 4.11. The van der Waals surface area contributed by atoms with Crippen molar-refractivity contribution in [1.82, 2.24) is 10.6 Å². The largest absolute Gasteiger partial charge is 0.340 e. The number of rotatable bonds is 0. The molecule has 76 valence electrons. The minimum atomic E-state index is -0.645. The average Bonchev–Trinajstić information content (AvgIpc) is 2.48. The molecule has 1 saturated carbocycles. The van der Waals surface area contributed by atoms with Crippen LogP contribution in [0.5, 0.6) is 0 Å². The van der Waals surface area contributed by atoms with Gasteiger partial charge in [0, 0.05) is 0 Å². The van der Waals surface area contributed by atoms with Crippen molar-refractivity contribution in [3.05, 3.63) is 0 Å². The van der Waals surface area contributed by atoms with Gasteiger partial charge in [0.1, 0.15) is 11.1 Å². The predicted molar refractivity (Wildman–Crippen MR) is 49.4 cm³/mol. The van der Waals surface area contributed by atoms with Crippen LogP contribution in [0.15, 0.2) is 0 Å². The molecule has 1 spiro atoms. The lowest BCUT2D eigenvalue weighted by molar-refractivity contribution is -0.155. The first kappa shape index (κ1) is 8.26. The summed E-state index contributed by atoms with van der Waals surface area (Å²) in [6.45, 7) is 1.82. The van der Waals surface area contributed by atoms with Gasteiger partial charge in [-0.1, -0.05) is 6.42 Å². The van der Waals surface area contributed by atoms with Gasteiger partial charge in [-0.2, -0.15) is 0 Å². The first-order chi connectivity index (χ1) is 6.57. The van der Waals surface area contributed by atoms with Crippen LogP contribution in [-0.2, 0) is 9.59 Å². The smallest absolute Gasteiger partial charge is 0.246 e. The Hall–Kier alpha value is -1.06. The molecule has 3 aliphatic heterocycles. The first-order valence-corrected chi connectivity index (χ1v) is 5.22. The quantitative estimate of drug-likeness (QED) is 0.567. The molecule has 4 fully saturated rings. The molecule has 0 unspecified atom stereocenters. The highest BCUT2D eigenvalue weighted by Gasteiger charge is 2.63. The summed E-state index contributed by atoms with van der Waals surface area (Å²) in [6, 6.07) is 0. The maximum Gasteiger partial charge on any atom is 0.246 e. The van der Waals surface area contributed by atoms with Gasteiger partial charge in [0.2, 0.25) is 11.8 Å². The molecular formula is C10H14N2O2. The molecule has 0 aromatic rings. The molecule has 2 amide bonds. The number of hydrogen-bond acceptors (Lipinski definition) is 2. The van der Waals surface area contributed by atoms with E-state index in [1.807, 2.05) is 6.92 Å². The summed E-state index contributed by atoms with van der Waals surface area (Å²) in [7, 11) is 0. The van der Waals surface area contributed by atoms with Crippen molar-refractivity contribution in [2.24, 2.45) is 5.92 Å². The minimum absolute atomic E-state index is 0.00440. The molecule has 2 bridgehead atoms. The fourth-order valence-electron chi connectivity index (χ4n) is 3.27. The number of fused-ring (bicyclic) bond motifs is 2. The highest BCUT2D eigenvalue weighted by molar-refractivity contribution is 6.04. The van der Waals surface area contributed by atoms with E-state index in [0.29, 0.717) is 5.92 Å². The summed E-state index contributed by atoms with van der Waals surface area (Å²) in [5.74, 6) is 0.391. The third kappa shape index (κ3) is 0.713. The summed E-state index contributed by atoms with van der Waals surface area (Å²) >= 11 is 0. The highest BCUT2D eigenvalue weighted by atomic mass is 16.2. The van der Waals surface area contributed by atoms with E-state index >= 15 is 0 Å². The van der Waals surface area contributed by atoms with Gasteiger partial charge in [0.25, 0.3) is 0 Å². The summed E-state index contributed by atoms with van der Waals surface area (Å²) in [6.07, 6.45) is 3.74. The van der Waals surface area contributed by atoms with Gasteiger partial charge in [-0.25, -0.2) is 0 Å². The Balaban J connectivity index is 2.10. The van der Waals surface area contributed by atoms with E-state index in [9.17, 15) is 9.59 Å². The molecule has 4 rings (SSSR count). The van der Waals surface area contributed by atoms with Crippen molar-refractivity contribution in [3.8, 4) is 0 Å². The number of amides is 2. The van der Waals surface area contributed by atoms with Crippen LogP contribution in [0, 0.1) is 5.92 Å². The van der Waals surface area contributed by atoms with Gasteiger partial charge in [-0.05, 0) is 32.1 Å². The molecule has 0 aromatic carbocycles. The molecule has 4 nitrogen and oxygen atoms in total. The molecule has 4 aliphatic rings. The maximum atomic E-state index is 11.9. The number of piperidine rings is 2. The van der Waals surface area contributed by atoms with Gasteiger partial charge >= 0.3 is 0 Å². The predicted octanol–water partition coefficient (Wildman–Crippen LogP) is -0.0663. The normalized spacial score (nSPS) is 49.9. The lowest BCUT2D eigenvalue weighted by Crippen LogP contribution is -2.80. The fraction of sp³-hybridized carbons (Fsp3) is 0.800. The van der Waals surface area contributed by atoms with E-state index in [-0.39, 0.29) is 11.8 Å². The van der Waals surface area contributed by atoms with Crippen LogP contribution in [0.1, 0.15) is 32.6 Å². The van der Waals surface area contributed by atoms with Crippen molar-refractivity contribution < 1.29 is 9.59 Å². The zero-order valence-electron chi connectivity index (χ0n) is 8.22. The van der Waals surface area contributed by atoms with Gasteiger partial charge in [0.15, 0.2) is 0 Å². The molecule has 14 heavy (non-hydrogen) atoms. The van der Waals surface area contributed by atoms with Crippen LogP contribution in [0.3, 0.4) is 0 Å². The number of carbonyl (C=O) groups is 2. The molecule has 1 aliphatic carbocycles. The standard InChI is InChI=1S/C10H14N2O2/c1-9-5-6-3-2-4-10(6,8(14)11-9)12-7(9)13/h6H,2-5H2,1H3,(H,11,14)(H,12,13)/t6-,9-,10-/m1/s1. The van der Waals surface area contributed by atoms with Crippen molar-refractivity contribution in [1.29, 1.82) is 0 Å². The van der Waals surface area contributed by atoms with Crippen LogP contribution < -0.4 is 10.6 Å². The molecule has 4 heteroatoms. The topological polar surface area (TPSA) is 58.2 Å². The second-order valence-corrected chi connectivity index (χ2v) is 5.00. The van der Waals surface area contributed by atoms with Gasteiger partial charge < -0.3 is 10.6 Å². The number of nitrogens with one attached hydrogen (secondary N) is 2. The Morgan fingerprint density at radius 2 is 2.07 bits per heavy atom. The monoisotopic (exact) mass is 194 g/mol. The van der Waals surface area contributed by atoms with E-state index in [2.05, 4.69) is 10.6 Å². The third-order valence-electron chi connectivity index (χ3n) is 4.11. The maximum absolute atomic E-state index is 11.9. The molecular weight excluding hydrogens is 180 g/mol. The van der Waals surface area contributed by atoms with Crippen LogP contribution in [-0.4, -0.2) is 22.9 Å². The first-order valence-electron chi connectivity index (χ1n) is 5.22. The molecule has 3 heterocycles. The van der Waals surface area contributed by atoms with Crippen LogP contribution in [0.25, 0.3) is 0 Å². The van der Waals surface area contributed by atoms with Crippen molar-refractivity contribution in [3.63, 3.8) is 0 Å². The van der Waals surface area contributed by atoms with Crippen LogP contribution >= 0.6 is 0 Å².